The van der Waals surface area contributed by atoms with E-state index in [-0.39, 0.29) is 0 Å². The van der Waals surface area contributed by atoms with Crippen LogP contribution in [0.15, 0.2) is 6.07 Å². The van der Waals surface area contributed by atoms with Crippen molar-refractivity contribution in [2.24, 2.45) is 5.92 Å². The standard InChI is InChI=1S/C14H20INOS/c1-9(10-5-6-17-8-10)16-12-3-2-4-13-11(12)7-14(15)18-13/h7,9-10,12,16H,2-6,8H2,1H3. The Morgan fingerprint density at radius 3 is 3.17 bits per heavy atom. The van der Waals surface area contributed by atoms with Gasteiger partial charge in [0.05, 0.1) is 9.49 Å². The predicted octanol–water partition coefficient (Wildman–Crippen LogP) is 3.74. The fraction of sp³-hybridized carbons (Fsp3) is 0.714. The molecule has 1 saturated heterocycles. The maximum atomic E-state index is 5.50. The van der Waals surface area contributed by atoms with Crippen LogP contribution in [-0.4, -0.2) is 19.3 Å². The van der Waals surface area contributed by atoms with Gasteiger partial charge in [0.25, 0.3) is 0 Å². The van der Waals surface area contributed by atoms with Gasteiger partial charge in [-0.25, -0.2) is 0 Å². The lowest BCUT2D eigenvalue weighted by Crippen LogP contribution is -2.37. The van der Waals surface area contributed by atoms with Crippen molar-refractivity contribution >= 4 is 33.9 Å². The molecular weight excluding hydrogens is 357 g/mol. The smallest absolute Gasteiger partial charge is 0.0659 e. The van der Waals surface area contributed by atoms with Crippen LogP contribution in [0.4, 0.5) is 0 Å². The SMILES string of the molecule is CC(NC1CCCc2sc(I)cc21)C1CCOC1. The summed E-state index contributed by atoms with van der Waals surface area (Å²) < 4.78 is 6.94. The minimum Gasteiger partial charge on any atom is -0.381 e. The van der Waals surface area contributed by atoms with Gasteiger partial charge in [-0.15, -0.1) is 11.3 Å². The Kier molecular flexibility index (Phi) is 4.28. The van der Waals surface area contributed by atoms with E-state index in [2.05, 4.69) is 40.9 Å². The van der Waals surface area contributed by atoms with Crippen LogP contribution in [0.25, 0.3) is 0 Å². The van der Waals surface area contributed by atoms with Crippen molar-refractivity contribution in [2.45, 2.75) is 44.7 Å². The van der Waals surface area contributed by atoms with Gasteiger partial charge in [-0.1, -0.05) is 0 Å². The van der Waals surface area contributed by atoms with E-state index in [1.54, 1.807) is 10.4 Å². The largest absolute Gasteiger partial charge is 0.381 e. The van der Waals surface area contributed by atoms with Crippen molar-refractivity contribution in [2.75, 3.05) is 13.2 Å². The molecule has 0 spiro atoms. The summed E-state index contributed by atoms with van der Waals surface area (Å²) in [5, 5.41) is 3.85. The maximum absolute atomic E-state index is 5.50. The van der Waals surface area contributed by atoms with E-state index in [0.717, 1.165) is 13.2 Å². The number of hydrogen-bond acceptors (Lipinski definition) is 3. The number of thiophene rings is 1. The molecule has 2 aliphatic rings. The lowest BCUT2D eigenvalue weighted by Gasteiger charge is -2.29. The molecule has 3 atom stereocenters. The van der Waals surface area contributed by atoms with Crippen molar-refractivity contribution in [1.82, 2.24) is 5.32 Å². The molecule has 0 radical (unpaired) electrons. The second kappa shape index (κ2) is 5.77. The molecule has 3 unspecified atom stereocenters. The number of rotatable bonds is 3. The van der Waals surface area contributed by atoms with Crippen molar-refractivity contribution in [3.63, 3.8) is 0 Å². The number of ether oxygens (including phenoxy) is 1. The molecule has 2 heterocycles. The van der Waals surface area contributed by atoms with Crippen LogP contribution >= 0.6 is 33.9 Å². The van der Waals surface area contributed by atoms with Crippen LogP contribution in [0.3, 0.4) is 0 Å². The fourth-order valence-corrected chi connectivity index (χ4v) is 5.21. The van der Waals surface area contributed by atoms with Crippen molar-refractivity contribution in [3.05, 3.63) is 19.4 Å². The number of fused-ring (bicyclic) bond motifs is 1. The van der Waals surface area contributed by atoms with E-state index in [9.17, 15) is 0 Å². The molecule has 1 N–H and O–H groups in total. The zero-order valence-electron chi connectivity index (χ0n) is 10.7. The van der Waals surface area contributed by atoms with Gasteiger partial charge in [-0.05, 0) is 72.7 Å². The van der Waals surface area contributed by atoms with Gasteiger partial charge >= 0.3 is 0 Å². The molecule has 2 nitrogen and oxygen atoms in total. The van der Waals surface area contributed by atoms with Gasteiger partial charge in [0.15, 0.2) is 0 Å². The Morgan fingerprint density at radius 2 is 2.39 bits per heavy atom. The molecule has 1 aromatic heterocycles. The third kappa shape index (κ3) is 2.76. The second-order valence-electron chi connectivity index (χ2n) is 5.45. The monoisotopic (exact) mass is 377 g/mol. The first kappa shape index (κ1) is 13.3. The quantitative estimate of drug-likeness (QED) is 0.811. The van der Waals surface area contributed by atoms with Gasteiger partial charge in [0, 0.05) is 23.6 Å². The number of hydrogen-bond donors (Lipinski definition) is 1. The zero-order valence-corrected chi connectivity index (χ0v) is 13.7. The third-order valence-corrected chi connectivity index (χ3v) is 6.19. The average molecular weight is 377 g/mol. The van der Waals surface area contributed by atoms with Crippen LogP contribution in [0.2, 0.25) is 0 Å². The van der Waals surface area contributed by atoms with Crippen LogP contribution in [-0.2, 0) is 11.2 Å². The molecule has 1 aliphatic heterocycles. The summed E-state index contributed by atoms with van der Waals surface area (Å²) in [6.45, 7) is 4.21. The molecular formula is C14H20INOS. The minimum atomic E-state index is 0.570. The summed E-state index contributed by atoms with van der Waals surface area (Å²) in [6, 6.07) is 3.53. The predicted molar refractivity (Wildman–Crippen MR) is 84.2 cm³/mol. The lowest BCUT2D eigenvalue weighted by atomic mass is 9.91. The Balaban J connectivity index is 1.69. The van der Waals surface area contributed by atoms with Crippen LogP contribution < -0.4 is 5.32 Å². The molecule has 18 heavy (non-hydrogen) atoms. The molecule has 3 rings (SSSR count). The van der Waals surface area contributed by atoms with Crippen molar-refractivity contribution < 1.29 is 4.74 Å². The first-order valence-corrected chi connectivity index (χ1v) is 8.75. The van der Waals surface area contributed by atoms with Gasteiger partial charge in [0.1, 0.15) is 0 Å². The normalized spacial score (nSPS) is 29.2. The molecule has 0 saturated carbocycles. The van der Waals surface area contributed by atoms with Gasteiger partial charge in [0.2, 0.25) is 0 Å². The Hall–Kier alpha value is 0.350. The van der Waals surface area contributed by atoms with E-state index in [1.807, 2.05) is 11.3 Å². The molecule has 0 bridgehead atoms. The molecule has 100 valence electrons. The van der Waals surface area contributed by atoms with E-state index in [0.29, 0.717) is 18.0 Å². The Labute approximate surface area is 127 Å². The highest BCUT2D eigenvalue weighted by atomic mass is 127. The lowest BCUT2D eigenvalue weighted by molar-refractivity contribution is 0.176. The van der Waals surface area contributed by atoms with Gasteiger partial charge in [-0.2, -0.15) is 0 Å². The Morgan fingerprint density at radius 1 is 1.50 bits per heavy atom. The summed E-state index contributed by atoms with van der Waals surface area (Å²) in [4.78, 5) is 1.61. The van der Waals surface area contributed by atoms with Gasteiger partial charge in [-0.3, -0.25) is 0 Å². The first-order chi connectivity index (χ1) is 8.74. The van der Waals surface area contributed by atoms with Crippen LogP contribution in [0, 0.1) is 8.80 Å². The Bertz CT molecular complexity index is 414. The summed E-state index contributed by atoms with van der Waals surface area (Å²) in [5.74, 6) is 0.702. The molecule has 4 heteroatoms. The topological polar surface area (TPSA) is 21.3 Å². The van der Waals surface area contributed by atoms with E-state index >= 15 is 0 Å². The van der Waals surface area contributed by atoms with Crippen molar-refractivity contribution in [1.29, 1.82) is 0 Å². The fourth-order valence-electron chi connectivity index (χ4n) is 3.09. The number of nitrogens with one attached hydrogen (secondary N) is 1. The molecule has 0 aromatic carbocycles. The summed E-state index contributed by atoms with van der Waals surface area (Å²) in [7, 11) is 0. The minimum absolute atomic E-state index is 0.570. The summed E-state index contributed by atoms with van der Waals surface area (Å²) in [5.41, 5.74) is 1.57. The van der Waals surface area contributed by atoms with Crippen molar-refractivity contribution in [3.8, 4) is 0 Å². The molecule has 1 fully saturated rings. The summed E-state index contributed by atoms with van der Waals surface area (Å²) in [6.07, 6.45) is 5.11. The van der Waals surface area contributed by atoms with Gasteiger partial charge < -0.3 is 10.1 Å². The number of halogens is 1. The van der Waals surface area contributed by atoms with E-state index in [4.69, 9.17) is 4.74 Å². The highest BCUT2D eigenvalue weighted by Gasteiger charge is 2.28. The van der Waals surface area contributed by atoms with Crippen LogP contribution in [0.1, 0.15) is 42.7 Å². The molecule has 0 amide bonds. The zero-order chi connectivity index (χ0) is 12.5. The second-order valence-corrected chi connectivity index (χ2v) is 8.48. The van der Waals surface area contributed by atoms with Crippen LogP contribution in [0.5, 0.6) is 0 Å². The third-order valence-electron chi connectivity index (χ3n) is 4.22. The number of aryl methyl sites for hydroxylation is 1. The van der Waals surface area contributed by atoms with E-state index in [1.165, 1.54) is 28.6 Å². The van der Waals surface area contributed by atoms with E-state index < -0.39 is 0 Å². The maximum Gasteiger partial charge on any atom is 0.0659 e. The molecule has 1 aliphatic carbocycles. The highest BCUT2D eigenvalue weighted by Crippen LogP contribution is 2.37. The summed E-state index contributed by atoms with van der Waals surface area (Å²) >= 11 is 4.43. The average Bonchev–Trinajstić information content (AvgIpc) is 2.96. The first-order valence-electron chi connectivity index (χ1n) is 6.86. The highest BCUT2D eigenvalue weighted by molar-refractivity contribution is 14.1. The molecule has 1 aromatic rings.